The third-order valence-electron chi connectivity index (χ3n) is 6.76. The molecule has 32 heavy (non-hydrogen) atoms. The maximum atomic E-state index is 12.6. The van der Waals surface area contributed by atoms with Crippen LogP contribution in [-0.2, 0) is 6.54 Å². The standard InChI is InChI=1S/C23H32N6O3/c1-31-20-6-2-18(3-7-20)22-25-21(32-26-22)16-27-10-12-28(13-11-27)23(30)24-14-17-8-9-29(15-17)19-4-5-19/h2-3,6-7,17,19H,4-5,8-16H2,1H3,(H,24,30). The van der Waals surface area contributed by atoms with Crippen LogP contribution in [0, 0.1) is 5.92 Å². The lowest BCUT2D eigenvalue weighted by Gasteiger charge is -2.34. The first-order valence-electron chi connectivity index (χ1n) is 11.6. The summed E-state index contributed by atoms with van der Waals surface area (Å²) in [5, 5.41) is 7.26. The Morgan fingerprint density at radius 1 is 1.12 bits per heavy atom. The monoisotopic (exact) mass is 440 g/mol. The summed E-state index contributed by atoms with van der Waals surface area (Å²) < 4.78 is 10.6. The molecule has 1 saturated carbocycles. The van der Waals surface area contributed by atoms with Gasteiger partial charge in [0.2, 0.25) is 11.7 Å². The summed E-state index contributed by atoms with van der Waals surface area (Å²) in [6.45, 7) is 6.74. The van der Waals surface area contributed by atoms with E-state index in [1.807, 2.05) is 29.2 Å². The van der Waals surface area contributed by atoms with E-state index in [2.05, 4.69) is 25.3 Å². The number of hydrogen-bond donors (Lipinski definition) is 1. The van der Waals surface area contributed by atoms with Crippen LogP contribution in [0.15, 0.2) is 28.8 Å². The topological polar surface area (TPSA) is 87.0 Å². The van der Waals surface area contributed by atoms with Crippen molar-refractivity contribution in [1.29, 1.82) is 0 Å². The van der Waals surface area contributed by atoms with Gasteiger partial charge in [0.05, 0.1) is 13.7 Å². The zero-order valence-electron chi connectivity index (χ0n) is 18.7. The van der Waals surface area contributed by atoms with E-state index >= 15 is 0 Å². The lowest BCUT2D eigenvalue weighted by Crippen LogP contribution is -2.52. The smallest absolute Gasteiger partial charge is 0.317 e. The predicted molar refractivity (Wildman–Crippen MR) is 119 cm³/mol. The Kier molecular flexibility index (Phi) is 6.27. The molecule has 2 amide bonds. The number of urea groups is 1. The maximum absolute atomic E-state index is 12.6. The summed E-state index contributed by atoms with van der Waals surface area (Å²) in [4.78, 5) is 23.9. The largest absolute Gasteiger partial charge is 0.497 e. The number of rotatable bonds is 7. The van der Waals surface area contributed by atoms with Crippen molar-refractivity contribution >= 4 is 6.03 Å². The van der Waals surface area contributed by atoms with Crippen molar-refractivity contribution in [2.45, 2.75) is 31.8 Å². The summed E-state index contributed by atoms with van der Waals surface area (Å²) >= 11 is 0. The number of ether oxygens (including phenoxy) is 1. The van der Waals surface area contributed by atoms with Gasteiger partial charge in [-0.2, -0.15) is 4.98 Å². The highest BCUT2D eigenvalue weighted by molar-refractivity contribution is 5.74. The number of methoxy groups -OCH3 is 1. The number of nitrogens with zero attached hydrogens (tertiary/aromatic N) is 5. The Morgan fingerprint density at radius 2 is 1.91 bits per heavy atom. The van der Waals surface area contributed by atoms with E-state index in [0.717, 1.165) is 43.5 Å². The first-order chi connectivity index (χ1) is 15.7. The Hall–Kier alpha value is -2.65. The Bertz CT molecular complexity index is 905. The number of aromatic nitrogens is 2. The highest BCUT2D eigenvalue weighted by atomic mass is 16.5. The number of nitrogens with one attached hydrogen (secondary N) is 1. The van der Waals surface area contributed by atoms with Gasteiger partial charge in [0.15, 0.2) is 0 Å². The van der Waals surface area contributed by atoms with E-state index in [0.29, 0.717) is 37.3 Å². The van der Waals surface area contributed by atoms with Crippen LogP contribution in [0.4, 0.5) is 4.79 Å². The SMILES string of the molecule is COc1ccc(-c2noc(CN3CCN(C(=O)NCC4CCN(C5CC5)C4)CC3)n2)cc1. The summed E-state index contributed by atoms with van der Waals surface area (Å²) in [7, 11) is 1.64. The number of amides is 2. The molecule has 172 valence electrons. The molecule has 0 bridgehead atoms. The maximum Gasteiger partial charge on any atom is 0.317 e. The summed E-state index contributed by atoms with van der Waals surface area (Å²) in [5.41, 5.74) is 0.893. The van der Waals surface area contributed by atoms with E-state index in [-0.39, 0.29) is 6.03 Å². The molecule has 1 N–H and O–H groups in total. The average molecular weight is 441 g/mol. The van der Waals surface area contributed by atoms with E-state index in [9.17, 15) is 4.79 Å². The summed E-state index contributed by atoms with van der Waals surface area (Å²) in [6, 6.07) is 8.49. The molecular weight excluding hydrogens is 408 g/mol. The van der Waals surface area contributed by atoms with Gasteiger partial charge in [-0.05, 0) is 56.0 Å². The van der Waals surface area contributed by atoms with E-state index in [1.165, 1.54) is 25.8 Å². The second-order valence-electron chi connectivity index (χ2n) is 9.07. The number of carbonyl (C=O) groups excluding carboxylic acids is 1. The van der Waals surface area contributed by atoms with Crippen LogP contribution in [0.25, 0.3) is 11.4 Å². The molecule has 3 fully saturated rings. The molecule has 2 aliphatic heterocycles. The molecule has 0 radical (unpaired) electrons. The molecule has 0 spiro atoms. The molecule has 1 aromatic heterocycles. The highest BCUT2D eigenvalue weighted by Gasteiger charge is 2.34. The third kappa shape index (κ3) is 5.05. The van der Waals surface area contributed by atoms with Gasteiger partial charge in [0.25, 0.3) is 0 Å². The minimum Gasteiger partial charge on any atom is -0.497 e. The number of hydrogen-bond acceptors (Lipinski definition) is 7. The van der Waals surface area contributed by atoms with Crippen molar-refractivity contribution in [2.75, 3.05) is 52.9 Å². The van der Waals surface area contributed by atoms with Gasteiger partial charge in [0, 0.05) is 50.9 Å². The summed E-state index contributed by atoms with van der Waals surface area (Å²) in [6.07, 6.45) is 3.92. The minimum absolute atomic E-state index is 0.0640. The van der Waals surface area contributed by atoms with Crippen LogP contribution in [0.2, 0.25) is 0 Å². The van der Waals surface area contributed by atoms with Crippen molar-refractivity contribution in [3.05, 3.63) is 30.2 Å². The van der Waals surface area contributed by atoms with Crippen LogP contribution in [0.5, 0.6) is 5.75 Å². The predicted octanol–water partition coefficient (Wildman–Crippen LogP) is 2.06. The molecule has 1 aromatic carbocycles. The molecule has 3 aliphatic rings. The molecule has 9 heteroatoms. The molecule has 1 unspecified atom stereocenters. The molecule has 5 rings (SSSR count). The Labute approximate surface area is 188 Å². The van der Waals surface area contributed by atoms with Crippen molar-refractivity contribution in [3.63, 3.8) is 0 Å². The normalized spacial score (nSPS) is 22.3. The first kappa shape index (κ1) is 21.2. The zero-order valence-corrected chi connectivity index (χ0v) is 18.7. The van der Waals surface area contributed by atoms with Crippen LogP contribution < -0.4 is 10.1 Å². The molecule has 1 aliphatic carbocycles. The summed E-state index contributed by atoms with van der Waals surface area (Å²) in [5.74, 6) is 2.56. The van der Waals surface area contributed by atoms with Crippen LogP contribution >= 0.6 is 0 Å². The fourth-order valence-electron chi connectivity index (χ4n) is 4.62. The van der Waals surface area contributed by atoms with E-state index < -0.39 is 0 Å². The first-order valence-corrected chi connectivity index (χ1v) is 11.6. The Morgan fingerprint density at radius 3 is 2.62 bits per heavy atom. The number of carbonyl (C=O) groups is 1. The van der Waals surface area contributed by atoms with E-state index in [1.54, 1.807) is 7.11 Å². The fraction of sp³-hybridized carbons (Fsp3) is 0.609. The molecular formula is C23H32N6O3. The second kappa shape index (κ2) is 9.46. The van der Waals surface area contributed by atoms with Crippen LogP contribution in [0.3, 0.4) is 0 Å². The average Bonchev–Trinajstić information content (AvgIpc) is 3.39. The number of likely N-dealkylation sites (tertiary alicyclic amines) is 1. The highest BCUT2D eigenvalue weighted by Crippen LogP contribution is 2.31. The van der Waals surface area contributed by atoms with Gasteiger partial charge in [-0.1, -0.05) is 5.16 Å². The lowest BCUT2D eigenvalue weighted by atomic mass is 10.1. The molecule has 2 aromatic rings. The molecule has 2 saturated heterocycles. The van der Waals surface area contributed by atoms with Gasteiger partial charge < -0.3 is 24.4 Å². The lowest BCUT2D eigenvalue weighted by molar-refractivity contribution is 0.126. The van der Waals surface area contributed by atoms with Crippen molar-refractivity contribution in [2.24, 2.45) is 5.92 Å². The molecule has 9 nitrogen and oxygen atoms in total. The third-order valence-corrected chi connectivity index (χ3v) is 6.76. The van der Waals surface area contributed by atoms with Gasteiger partial charge >= 0.3 is 6.03 Å². The van der Waals surface area contributed by atoms with Gasteiger partial charge in [0.1, 0.15) is 5.75 Å². The quantitative estimate of drug-likeness (QED) is 0.705. The van der Waals surface area contributed by atoms with Gasteiger partial charge in [-0.15, -0.1) is 0 Å². The van der Waals surface area contributed by atoms with Crippen molar-refractivity contribution < 1.29 is 14.1 Å². The number of benzene rings is 1. The second-order valence-corrected chi connectivity index (χ2v) is 9.07. The van der Waals surface area contributed by atoms with Crippen molar-refractivity contribution in [3.8, 4) is 17.1 Å². The van der Waals surface area contributed by atoms with Crippen molar-refractivity contribution in [1.82, 2.24) is 30.2 Å². The molecule has 3 heterocycles. The van der Waals surface area contributed by atoms with Crippen LogP contribution in [-0.4, -0.2) is 89.8 Å². The van der Waals surface area contributed by atoms with Crippen LogP contribution in [0.1, 0.15) is 25.2 Å². The Balaban J connectivity index is 1.04. The zero-order chi connectivity index (χ0) is 21.9. The van der Waals surface area contributed by atoms with Gasteiger partial charge in [-0.25, -0.2) is 4.79 Å². The van der Waals surface area contributed by atoms with E-state index in [4.69, 9.17) is 9.26 Å². The number of piperazine rings is 1. The fourth-order valence-corrected chi connectivity index (χ4v) is 4.62. The van der Waals surface area contributed by atoms with Gasteiger partial charge in [-0.3, -0.25) is 4.90 Å². The molecule has 1 atom stereocenters. The minimum atomic E-state index is 0.0640.